The van der Waals surface area contributed by atoms with Gasteiger partial charge in [0.25, 0.3) is 0 Å². The number of nitrogens with zero attached hydrogens (tertiary/aromatic N) is 2. The monoisotopic (exact) mass is 223 g/mol. The molecule has 0 saturated carbocycles. The van der Waals surface area contributed by atoms with Crippen LogP contribution in [-0.4, -0.2) is 15.2 Å². The molecule has 0 amide bonds. The smallest absolute Gasteiger partial charge is 0.208 e. The van der Waals surface area contributed by atoms with Crippen LogP contribution in [0, 0.1) is 12.7 Å². The number of nitrogens with one attached hydrogen (secondary N) is 1. The van der Waals surface area contributed by atoms with Gasteiger partial charge in [0.2, 0.25) is 5.16 Å². The van der Waals surface area contributed by atoms with Crippen molar-refractivity contribution in [2.45, 2.75) is 17.8 Å². The number of halogens is 1. The summed E-state index contributed by atoms with van der Waals surface area (Å²) in [7, 11) is 0. The van der Waals surface area contributed by atoms with Gasteiger partial charge in [0.05, 0.1) is 0 Å². The van der Waals surface area contributed by atoms with Gasteiger partial charge < -0.3 is 0 Å². The molecular weight excluding hydrogens is 213 g/mol. The Labute approximate surface area is 91.1 Å². The first-order chi connectivity index (χ1) is 7.25. The topological polar surface area (TPSA) is 41.6 Å². The first kappa shape index (κ1) is 10.2. The predicted molar refractivity (Wildman–Crippen MR) is 57.1 cm³/mol. The molecule has 0 atom stereocenters. The zero-order valence-electron chi connectivity index (χ0n) is 8.20. The molecule has 0 aliphatic carbocycles. The van der Waals surface area contributed by atoms with Crippen molar-refractivity contribution in [1.82, 2.24) is 15.2 Å². The lowest BCUT2D eigenvalue weighted by molar-refractivity contribution is 0.617. The molecule has 0 fully saturated rings. The number of aryl methyl sites for hydroxylation is 1. The van der Waals surface area contributed by atoms with Gasteiger partial charge in [-0.15, -0.1) is 5.10 Å². The number of H-pyrrole nitrogens is 1. The third-order valence-corrected chi connectivity index (χ3v) is 2.79. The van der Waals surface area contributed by atoms with Crippen LogP contribution >= 0.6 is 11.8 Å². The van der Waals surface area contributed by atoms with Crippen molar-refractivity contribution in [3.63, 3.8) is 0 Å². The van der Waals surface area contributed by atoms with Crippen molar-refractivity contribution in [2.75, 3.05) is 0 Å². The highest BCUT2D eigenvalue weighted by molar-refractivity contribution is 7.98. The fourth-order valence-electron chi connectivity index (χ4n) is 1.14. The van der Waals surface area contributed by atoms with Gasteiger partial charge >= 0.3 is 0 Å². The van der Waals surface area contributed by atoms with E-state index >= 15 is 0 Å². The van der Waals surface area contributed by atoms with Crippen LogP contribution < -0.4 is 0 Å². The van der Waals surface area contributed by atoms with Crippen molar-refractivity contribution < 1.29 is 4.39 Å². The Morgan fingerprint density at radius 2 is 2.20 bits per heavy atom. The average Bonchev–Trinajstić information content (AvgIpc) is 2.63. The van der Waals surface area contributed by atoms with E-state index in [1.54, 1.807) is 12.1 Å². The van der Waals surface area contributed by atoms with Crippen molar-refractivity contribution >= 4 is 11.8 Å². The molecule has 1 aromatic heterocycles. The maximum absolute atomic E-state index is 13.2. The number of aromatic amines is 1. The molecule has 3 nitrogen and oxygen atoms in total. The van der Waals surface area contributed by atoms with Gasteiger partial charge in [-0.25, -0.2) is 9.37 Å². The summed E-state index contributed by atoms with van der Waals surface area (Å²) in [4.78, 5) is 4.13. The number of rotatable bonds is 3. The molecule has 0 bridgehead atoms. The lowest BCUT2D eigenvalue weighted by atomic mass is 10.2. The Morgan fingerprint density at radius 3 is 2.87 bits per heavy atom. The van der Waals surface area contributed by atoms with Gasteiger partial charge in [-0.2, -0.15) is 0 Å². The van der Waals surface area contributed by atoms with Crippen LogP contribution in [0.3, 0.4) is 0 Å². The number of benzene rings is 1. The standard InChI is InChI=1S/C10H10FN3S/c1-7-12-10(14-13-7)15-6-8-4-2-3-5-9(8)11/h2-5H,6H2,1H3,(H,12,13,14). The normalized spacial score (nSPS) is 10.5. The molecule has 0 unspecified atom stereocenters. The van der Waals surface area contributed by atoms with Crippen LogP contribution in [0.4, 0.5) is 4.39 Å². The molecule has 1 heterocycles. The predicted octanol–water partition coefficient (Wildman–Crippen LogP) is 2.54. The molecule has 0 saturated heterocycles. The molecule has 1 N–H and O–H groups in total. The summed E-state index contributed by atoms with van der Waals surface area (Å²) in [5, 5.41) is 7.36. The van der Waals surface area contributed by atoms with E-state index in [1.807, 2.05) is 13.0 Å². The summed E-state index contributed by atoms with van der Waals surface area (Å²) >= 11 is 1.42. The highest BCUT2D eigenvalue weighted by Gasteiger charge is 2.04. The van der Waals surface area contributed by atoms with E-state index < -0.39 is 0 Å². The number of hydrogen-bond donors (Lipinski definition) is 1. The summed E-state index contributed by atoms with van der Waals surface area (Å²) in [5.41, 5.74) is 0.671. The quantitative estimate of drug-likeness (QED) is 0.813. The summed E-state index contributed by atoms with van der Waals surface area (Å²) in [6.07, 6.45) is 0. The lowest BCUT2D eigenvalue weighted by Gasteiger charge is -1.99. The first-order valence-corrected chi connectivity index (χ1v) is 5.49. The summed E-state index contributed by atoms with van der Waals surface area (Å²) in [5.74, 6) is 1.13. The Balaban J connectivity index is 2.02. The van der Waals surface area contributed by atoms with Crippen molar-refractivity contribution in [2.24, 2.45) is 0 Å². The minimum Gasteiger partial charge on any atom is -0.262 e. The lowest BCUT2D eigenvalue weighted by Crippen LogP contribution is -1.87. The zero-order chi connectivity index (χ0) is 10.7. The molecule has 0 aliphatic rings. The zero-order valence-corrected chi connectivity index (χ0v) is 9.01. The van der Waals surface area contributed by atoms with Gasteiger partial charge in [-0.3, -0.25) is 5.10 Å². The molecule has 5 heteroatoms. The second kappa shape index (κ2) is 4.44. The van der Waals surface area contributed by atoms with Gasteiger partial charge in [0.1, 0.15) is 11.6 Å². The van der Waals surface area contributed by atoms with E-state index in [0.29, 0.717) is 16.5 Å². The Bertz CT molecular complexity index is 455. The highest BCUT2D eigenvalue weighted by atomic mass is 32.2. The highest BCUT2D eigenvalue weighted by Crippen LogP contribution is 2.20. The minimum absolute atomic E-state index is 0.183. The van der Waals surface area contributed by atoms with Crippen LogP contribution in [0.1, 0.15) is 11.4 Å². The second-order valence-corrected chi connectivity index (χ2v) is 4.03. The minimum atomic E-state index is -0.183. The fourth-order valence-corrected chi connectivity index (χ4v) is 1.97. The Hall–Kier alpha value is -1.36. The van der Waals surface area contributed by atoms with Gasteiger partial charge in [0, 0.05) is 5.75 Å². The molecule has 0 aliphatic heterocycles. The van der Waals surface area contributed by atoms with E-state index in [9.17, 15) is 4.39 Å². The number of hydrogen-bond acceptors (Lipinski definition) is 3. The van der Waals surface area contributed by atoms with E-state index in [4.69, 9.17) is 0 Å². The van der Waals surface area contributed by atoms with Crippen LogP contribution in [-0.2, 0) is 5.75 Å². The largest absolute Gasteiger partial charge is 0.262 e. The molecule has 0 spiro atoms. The van der Waals surface area contributed by atoms with E-state index in [2.05, 4.69) is 15.2 Å². The fraction of sp³-hybridized carbons (Fsp3) is 0.200. The average molecular weight is 223 g/mol. The molecular formula is C10H10FN3S. The van der Waals surface area contributed by atoms with Crippen LogP contribution in [0.25, 0.3) is 0 Å². The van der Waals surface area contributed by atoms with Crippen LogP contribution in [0.15, 0.2) is 29.4 Å². The summed E-state index contributed by atoms with van der Waals surface area (Å²) in [6, 6.07) is 6.73. The van der Waals surface area contributed by atoms with E-state index in [1.165, 1.54) is 17.8 Å². The maximum atomic E-state index is 13.2. The number of aromatic nitrogens is 3. The molecule has 2 aromatic rings. The van der Waals surface area contributed by atoms with Crippen molar-refractivity contribution in [1.29, 1.82) is 0 Å². The molecule has 0 radical (unpaired) electrons. The molecule has 78 valence electrons. The maximum Gasteiger partial charge on any atom is 0.208 e. The van der Waals surface area contributed by atoms with Crippen LogP contribution in [0.2, 0.25) is 0 Å². The molecule has 2 rings (SSSR count). The Morgan fingerprint density at radius 1 is 1.40 bits per heavy atom. The second-order valence-electron chi connectivity index (χ2n) is 3.08. The van der Waals surface area contributed by atoms with Crippen LogP contribution in [0.5, 0.6) is 0 Å². The van der Waals surface area contributed by atoms with Gasteiger partial charge in [0.15, 0.2) is 0 Å². The SMILES string of the molecule is Cc1nc(SCc2ccccc2F)n[nH]1. The summed E-state index contributed by atoms with van der Waals surface area (Å²) in [6.45, 7) is 1.83. The third-order valence-electron chi connectivity index (χ3n) is 1.89. The summed E-state index contributed by atoms with van der Waals surface area (Å²) < 4.78 is 13.2. The molecule has 1 aromatic carbocycles. The number of thioether (sulfide) groups is 1. The van der Waals surface area contributed by atoms with Crippen molar-refractivity contribution in [3.05, 3.63) is 41.5 Å². The van der Waals surface area contributed by atoms with Gasteiger partial charge in [-0.1, -0.05) is 30.0 Å². The van der Waals surface area contributed by atoms with E-state index in [0.717, 1.165) is 5.82 Å². The molecule has 15 heavy (non-hydrogen) atoms. The van der Waals surface area contributed by atoms with E-state index in [-0.39, 0.29) is 5.82 Å². The first-order valence-electron chi connectivity index (χ1n) is 4.51. The van der Waals surface area contributed by atoms with Gasteiger partial charge in [-0.05, 0) is 18.6 Å². The van der Waals surface area contributed by atoms with Crippen molar-refractivity contribution in [3.8, 4) is 0 Å². The third kappa shape index (κ3) is 2.56. The Kier molecular flexibility index (Phi) is 3.01.